The van der Waals surface area contributed by atoms with Crippen LogP contribution in [0.1, 0.15) is 20.3 Å². The summed E-state index contributed by atoms with van der Waals surface area (Å²) in [6.07, 6.45) is 3.43. The molecule has 0 aromatic heterocycles. The lowest BCUT2D eigenvalue weighted by molar-refractivity contribution is 0.121. The standard InChI is InChI=1S/C8H17NO/c1-7(9-3)5-6-8(2)10-4/h5,8-9H,6H2,1-4H3/b7-5-. The van der Waals surface area contributed by atoms with Gasteiger partial charge < -0.3 is 10.1 Å². The Hall–Kier alpha value is -0.500. The Labute approximate surface area is 63.3 Å². The average molecular weight is 143 g/mol. The minimum Gasteiger partial charge on any atom is -0.392 e. The number of allylic oxidation sites excluding steroid dienone is 1. The van der Waals surface area contributed by atoms with Crippen LogP contribution < -0.4 is 5.32 Å². The molecule has 2 nitrogen and oxygen atoms in total. The molecule has 0 heterocycles. The van der Waals surface area contributed by atoms with Gasteiger partial charge in [-0.05, 0) is 20.3 Å². The minimum atomic E-state index is 0.322. The maximum Gasteiger partial charge on any atom is 0.0578 e. The Morgan fingerprint density at radius 2 is 2.30 bits per heavy atom. The van der Waals surface area contributed by atoms with Crippen LogP contribution in [0.25, 0.3) is 0 Å². The van der Waals surface area contributed by atoms with Gasteiger partial charge in [0.05, 0.1) is 6.10 Å². The number of rotatable bonds is 4. The molecule has 0 spiro atoms. The molecule has 0 amide bonds. The Morgan fingerprint density at radius 1 is 1.70 bits per heavy atom. The van der Waals surface area contributed by atoms with E-state index in [0.29, 0.717) is 6.10 Å². The van der Waals surface area contributed by atoms with Gasteiger partial charge in [-0.25, -0.2) is 0 Å². The number of methoxy groups -OCH3 is 1. The zero-order valence-corrected chi connectivity index (χ0v) is 7.27. The van der Waals surface area contributed by atoms with E-state index in [-0.39, 0.29) is 0 Å². The van der Waals surface area contributed by atoms with Crippen LogP contribution in [-0.4, -0.2) is 20.3 Å². The second-order valence-electron chi connectivity index (χ2n) is 2.42. The Kier molecular flexibility index (Phi) is 5.03. The highest BCUT2D eigenvalue weighted by molar-refractivity contribution is 4.94. The summed E-state index contributed by atoms with van der Waals surface area (Å²) in [6.45, 7) is 4.10. The summed E-state index contributed by atoms with van der Waals surface area (Å²) in [7, 11) is 3.65. The first-order chi connectivity index (χ1) is 4.70. The molecule has 10 heavy (non-hydrogen) atoms. The molecule has 0 aliphatic rings. The van der Waals surface area contributed by atoms with Crippen LogP contribution in [0.5, 0.6) is 0 Å². The van der Waals surface area contributed by atoms with Crippen LogP contribution in [-0.2, 0) is 4.74 Å². The summed E-state index contributed by atoms with van der Waals surface area (Å²) in [6, 6.07) is 0. The average Bonchev–Trinajstić information content (AvgIpc) is 1.99. The molecular formula is C8H17NO. The van der Waals surface area contributed by atoms with E-state index in [1.165, 1.54) is 5.70 Å². The second kappa shape index (κ2) is 5.30. The summed E-state index contributed by atoms with van der Waals surface area (Å²) in [5.74, 6) is 0. The monoisotopic (exact) mass is 143 g/mol. The molecule has 0 aliphatic carbocycles. The lowest BCUT2D eigenvalue weighted by atomic mass is 10.2. The van der Waals surface area contributed by atoms with Gasteiger partial charge in [-0.15, -0.1) is 0 Å². The van der Waals surface area contributed by atoms with Crippen LogP contribution in [0.15, 0.2) is 11.8 Å². The number of hydrogen-bond donors (Lipinski definition) is 1. The molecule has 0 rings (SSSR count). The van der Waals surface area contributed by atoms with Gasteiger partial charge in [0.2, 0.25) is 0 Å². The quantitative estimate of drug-likeness (QED) is 0.644. The normalized spacial score (nSPS) is 15.0. The summed E-state index contributed by atoms with van der Waals surface area (Å²) >= 11 is 0. The smallest absolute Gasteiger partial charge is 0.0578 e. The third-order valence-corrected chi connectivity index (χ3v) is 1.55. The van der Waals surface area contributed by atoms with Crippen LogP contribution in [0.4, 0.5) is 0 Å². The molecule has 2 heteroatoms. The van der Waals surface area contributed by atoms with E-state index < -0.39 is 0 Å². The van der Waals surface area contributed by atoms with Crippen molar-refractivity contribution in [1.29, 1.82) is 0 Å². The summed E-state index contributed by atoms with van der Waals surface area (Å²) in [5, 5.41) is 3.05. The van der Waals surface area contributed by atoms with Gasteiger partial charge in [0, 0.05) is 19.9 Å². The maximum absolute atomic E-state index is 5.07. The molecule has 0 aromatic carbocycles. The van der Waals surface area contributed by atoms with Gasteiger partial charge in [0.25, 0.3) is 0 Å². The topological polar surface area (TPSA) is 21.3 Å². The van der Waals surface area contributed by atoms with E-state index in [1.807, 2.05) is 14.0 Å². The third kappa shape index (κ3) is 4.39. The van der Waals surface area contributed by atoms with Crippen molar-refractivity contribution >= 4 is 0 Å². The van der Waals surface area contributed by atoms with Crippen LogP contribution >= 0.6 is 0 Å². The van der Waals surface area contributed by atoms with E-state index in [2.05, 4.69) is 18.3 Å². The highest BCUT2D eigenvalue weighted by Gasteiger charge is 1.94. The van der Waals surface area contributed by atoms with Crippen LogP contribution in [0.3, 0.4) is 0 Å². The first kappa shape index (κ1) is 9.50. The lowest BCUT2D eigenvalue weighted by Gasteiger charge is -2.06. The van der Waals surface area contributed by atoms with Crippen molar-refractivity contribution in [2.45, 2.75) is 26.4 Å². The van der Waals surface area contributed by atoms with Gasteiger partial charge >= 0.3 is 0 Å². The maximum atomic E-state index is 5.07. The third-order valence-electron chi connectivity index (χ3n) is 1.55. The molecule has 0 saturated carbocycles. The Morgan fingerprint density at radius 3 is 2.70 bits per heavy atom. The van der Waals surface area contributed by atoms with E-state index in [9.17, 15) is 0 Å². The van der Waals surface area contributed by atoms with Crippen molar-refractivity contribution in [2.24, 2.45) is 0 Å². The van der Waals surface area contributed by atoms with Crippen molar-refractivity contribution in [2.75, 3.05) is 14.2 Å². The van der Waals surface area contributed by atoms with E-state index in [4.69, 9.17) is 4.74 Å². The number of nitrogens with one attached hydrogen (secondary N) is 1. The number of hydrogen-bond acceptors (Lipinski definition) is 2. The fraction of sp³-hybridized carbons (Fsp3) is 0.750. The summed E-state index contributed by atoms with van der Waals surface area (Å²) < 4.78 is 5.07. The SMILES string of the molecule is CN/C(C)=C\CC(C)OC. The van der Waals surface area contributed by atoms with Crippen molar-refractivity contribution in [3.05, 3.63) is 11.8 Å². The van der Waals surface area contributed by atoms with E-state index in [0.717, 1.165) is 6.42 Å². The Balaban J connectivity index is 3.50. The minimum absolute atomic E-state index is 0.322. The molecule has 0 radical (unpaired) electrons. The highest BCUT2D eigenvalue weighted by Crippen LogP contribution is 1.98. The van der Waals surface area contributed by atoms with Gasteiger partial charge in [-0.2, -0.15) is 0 Å². The Bertz CT molecular complexity index is 110. The molecule has 0 fully saturated rings. The van der Waals surface area contributed by atoms with Crippen molar-refractivity contribution in [3.8, 4) is 0 Å². The van der Waals surface area contributed by atoms with E-state index in [1.54, 1.807) is 7.11 Å². The zero-order valence-electron chi connectivity index (χ0n) is 7.27. The second-order valence-corrected chi connectivity index (χ2v) is 2.42. The molecule has 0 aromatic rings. The van der Waals surface area contributed by atoms with Crippen LogP contribution in [0, 0.1) is 0 Å². The van der Waals surface area contributed by atoms with Crippen molar-refractivity contribution in [3.63, 3.8) is 0 Å². The first-order valence-electron chi connectivity index (χ1n) is 3.58. The van der Waals surface area contributed by atoms with Gasteiger partial charge in [0.1, 0.15) is 0 Å². The fourth-order valence-corrected chi connectivity index (χ4v) is 0.541. The molecule has 0 saturated heterocycles. The zero-order chi connectivity index (χ0) is 7.98. The largest absolute Gasteiger partial charge is 0.392 e. The highest BCUT2D eigenvalue weighted by atomic mass is 16.5. The van der Waals surface area contributed by atoms with Crippen molar-refractivity contribution < 1.29 is 4.74 Å². The summed E-state index contributed by atoms with van der Waals surface area (Å²) in [5.41, 5.74) is 1.20. The van der Waals surface area contributed by atoms with Gasteiger partial charge in [-0.1, -0.05) is 6.08 Å². The summed E-state index contributed by atoms with van der Waals surface area (Å²) in [4.78, 5) is 0. The molecule has 1 N–H and O–H groups in total. The van der Waals surface area contributed by atoms with Crippen molar-refractivity contribution in [1.82, 2.24) is 5.32 Å². The molecular weight excluding hydrogens is 126 g/mol. The first-order valence-corrected chi connectivity index (χ1v) is 3.58. The molecule has 1 unspecified atom stereocenters. The van der Waals surface area contributed by atoms with Crippen LogP contribution in [0.2, 0.25) is 0 Å². The lowest BCUT2D eigenvalue weighted by Crippen LogP contribution is -2.06. The fourth-order valence-electron chi connectivity index (χ4n) is 0.541. The van der Waals surface area contributed by atoms with E-state index >= 15 is 0 Å². The predicted molar refractivity (Wildman–Crippen MR) is 43.9 cm³/mol. The van der Waals surface area contributed by atoms with Gasteiger partial charge in [-0.3, -0.25) is 0 Å². The predicted octanol–water partition coefficient (Wildman–Crippen LogP) is 1.53. The van der Waals surface area contributed by atoms with Gasteiger partial charge in [0.15, 0.2) is 0 Å². The number of ether oxygens (including phenoxy) is 1. The molecule has 1 atom stereocenters. The molecule has 0 bridgehead atoms. The molecule has 60 valence electrons. The molecule has 0 aliphatic heterocycles.